The van der Waals surface area contributed by atoms with Gasteiger partial charge in [-0.1, -0.05) is 13.3 Å². The van der Waals surface area contributed by atoms with E-state index in [-0.39, 0.29) is 18.3 Å². The highest BCUT2D eigenvalue weighted by atomic mass is 16.7. The second-order valence-corrected chi connectivity index (χ2v) is 4.49. The van der Waals surface area contributed by atoms with E-state index in [1.165, 1.54) is 6.20 Å². The van der Waals surface area contributed by atoms with E-state index >= 15 is 0 Å². The quantitative estimate of drug-likeness (QED) is 0.476. The number of unbranched alkanes of at least 4 members (excludes halogenated alkanes) is 1. The molecule has 1 aromatic rings. The number of hydrogen-bond donors (Lipinski definition) is 2. The zero-order valence-corrected chi connectivity index (χ0v) is 11.8. The summed E-state index contributed by atoms with van der Waals surface area (Å²) in [5, 5.41) is 14.6. The summed E-state index contributed by atoms with van der Waals surface area (Å²) < 4.78 is 10.5. The van der Waals surface area contributed by atoms with Crippen LogP contribution in [0.3, 0.4) is 0 Å². The van der Waals surface area contributed by atoms with Crippen molar-refractivity contribution in [1.82, 2.24) is 5.32 Å². The summed E-state index contributed by atoms with van der Waals surface area (Å²) in [6, 6.07) is 7.19. The molecule has 1 amide bonds. The third-order valence-corrected chi connectivity index (χ3v) is 2.94. The van der Waals surface area contributed by atoms with Gasteiger partial charge in [0, 0.05) is 24.5 Å². The largest absolute Gasteiger partial charge is 0.454 e. The topological polar surface area (TPSA) is 83.4 Å². The molecule has 0 saturated heterocycles. The Balaban J connectivity index is 1.97. The van der Waals surface area contributed by atoms with Crippen molar-refractivity contribution in [2.75, 3.05) is 18.7 Å². The van der Waals surface area contributed by atoms with E-state index in [0.717, 1.165) is 12.8 Å². The van der Waals surface area contributed by atoms with Gasteiger partial charge in [0.05, 0.1) is 0 Å². The Kier molecular flexibility index (Phi) is 5.04. The second-order valence-electron chi connectivity index (χ2n) is 4.49. The Morgan fingerprint density at radius 2 is 2.24 bits per heavy atom. The average molecular weight is 287 g/mol. The number of ether oxygens (including phenoxy) is 2. The first-order valence-electron chi connectivity index (χ1n) is 6.79. The lowest BCUT2D eigenvalue weighted by Crippen LogP contribution is -2.25. The van der Waals surface area contributed by atoms with Crippen molar-refractivity contribution in [2.24, 2.45) is 0 Å². The standard InChI is InChI=1S/C15H17N3O3/c1-2-3-6-17-15(19)11(8-16)9-18-12-4-5-13-14(7-12)21-10-20-13/h4-5,7,9,18H,2-3,6,10H2,1H3,(H,17,19)/b11-9-. The number of nitriles is 1. The Morgan fingerprint density at radius 1 is 1.43 bits per heavy atom. The molecule has 2 rings (SSSR count). The highest BCUT2D eigenvalue weighted by Crippen LogP contribution is 2.34. The van der Waals surface area contributed by atoms with Crippen molar-refractivity contribution >= 4 is 11.6 Å². The molecule has 0 saturated carbocycles. The lowest BCUT2D eigenvalue weighted by molar-refractivity contribution is -0.117. The maximum Gasteiger partial charge on any atom is 0.263 e. The van der Waals surface area contributed by atoms with Crippen molar-refractivity contribution in [2.45, 2.75) is 19.8 Å². The second kappa shape index (κ2) is 7.20. The number of carbonyl (C=O) groups excluding carboxylic acids is 1. The zero-order valence-electron chi connectivity index (χ0n) is 11.8. The zero-order chi connectivity index (χ0) is 15.1. The molecule has 0 spiro atoms. The third kappa shape index (κ3) is 3.89. The fourth-order valence-electron chi connectivity index (χ4n) is 1.76. The van der Waals surface area contributed by atoms with E-state index in [1.54, 1.807) is 18.2 Å². The first-order chi connectivity index (χ1) is 10.2. The van der Waals surface area contributed by atoms with E-state index in [2.05, 4.69) is 10.6 Å². The normalized spacial score (nSPS) is 12.7. The minimum absolute atomic E-state index is 0.0313. The highest BCUT2D eigenvalue weighted by Gasteiger charge is 2.13. The molecule has 0 radical (unpaired) electrons. The maximum absolute atomic E-state index is 11.8. The van der Waals surface area contributed by atoms with E-state index in [1.807, 2.05) is 13.0 Å². The Morgan fingerprint density at radius 3 is 3.00 bits per heavy atom. The molecule has 0 aromatic heterocycles. The molecule has 1 aliphatic heterocycles. The molecular weight excluding hydrogens is 270 g/mol. The summed E-state index contributed by atoms with van der Waals surface area (Å²) in [6.07, 6.45) is 3.26. The summed E-state index contributed by atoms with van der Waals surface area (Å²) in [5.41, 5.74) is 0.747. The van der Waals surface area contributed by atoms with Crippen LogP contribution in [-0.2, 0) is 4.79 Å². The summed E-state index contributed by atoms with van der Waals surface area (Å²) in [7, 11) is 0. The lowest BCUT2D eigenvalue weighted by atomic mass is 10.2. The van der Waals surface area contributed by atoms with Gasteiger partial charge in [-0.05, 0) is 18.6 Å². The molecule has 2 N–H and O–H groups in total. The van der Waals surface area contributed by atoms with Crippen LogP contribution >= 0.6 is 0 Å². The fraction of sp³-hybridized carbons (Fsp3) is 0.333. The van der Waals surface area contributed by atoms with Gasteiger partial charge in [0.25, 0.3) is 5.91 Å². The monoisotopic (exact) mass is 287 g/mol. The third-order valence-electron chi connectivity index (χ3n) is 2.94. The van der Waals surface area contributed by atoms with Crippen molar-refractivity contribution in [3.63, 3.8) is 0 Å². The molecule has 1 aliphatic rings. The minimum atomic E-state index is -0.376. The van der Waals surface area contributed by atoms with Crippen LogP contribution in [0.15, 0.2) is 30.0 Å². The minimum Gasteiger partial charge on any atom is -0.454 e. The first-order valence-corrected chi connectivity index (χ1v) is 6.79. The Bertz CT molecular complexity index is 590. The van der Waals surface area contributed by atoms with Crippen LogP contribution in [0.2, 0.25) is 0 Å². The van der Waals surface area contributed by atoms with E-state index in [0.29, 0.717) is 23.7 Å². The molecule has 0 bridgehead atoms. The van der Waals surface area contributed by atoms with Gasteiger partial charge in [0.2, 0.25) is 6.79 Å². The van der Waals surface area contributed by atoms with Crippen LogP contribution in [-0.4, -0.2) is 19.2 Å². The lowest BCUT2D eigenvalue weighted by Gasteiger charge is -2.05. The predicted molar refractivity (Wildman–Crippen MR) is 77.8 cm³/mol. The van der Waals surface area contributed by atoms with Gasteiger partial charge in [-0.3, -0.25) is 4.79 Å². The number of carbonyl (C=O) groups is 1. The van der Waals surface area contributed by atoms with Crippen LogP contribution in [0.25, 0.3) is 0 Å². The molecule has 1 heterocycles. The van der Waals surface area contributed by atoms with Crippen molar-refractivity contribution in [3.8, 4) is 17.6 Å². The number of fused-ring (bicyclic) bond motifs is 1. The van der Waals surface area contributed by atoms with Gasteiger partial charge in [-0.15, -0.1) is 0 Å². The van der Waals surface area contributed by atoms with Gasteiger partial charge >= 0.3 is 0 Å². The van der Waals surface area contributed by atoms with Crippen LogP contribution in [0.4, 0.5) is 5.69 Å². The van der Waals surface area contributed by atoms with Gasteiger partial charge < -0.3 is 20.1 Å². The predicted octanol–water partition coefficient (Wildman–Crippen LogP) is 2.15. The van der Waals surface area contributed by atoms with E-state index in [9.17, 15) is 4.79 Å². The molecule has 1 aromatic carbocycles. The number of nitrogens with zero attached hydrogens (tertiary/aromatic N) is 1. The number of anilines is 1. The molecule has 0 atom stereocenters. The molecule has 21 heavy (non-hydrogen) atoms. The molecular formula is C15H17N3O3. The van der Waals surface area contributed by atoms with Crippen LogP contribution < -0.4 is 20.1 Å². The number of benzene rings is 1. The van der Waals surface area contributed by atoms with Gasteiger partial charge in [0.15, 0.2) is 11.5 Å². The van der Waals surface area contributed by atoms with Gasteiger partial charge in [-0.2, -0.15) is 5.26 Å². The maximum atomic E-state index is 11.8. The molecule has 0 fully saturated rings. The number of nitrogens with one attached hydrogen (secondary N) is 2. The van der Waals surface area contributed by atoms with E-state index < -0.39 is 0 Å². The summed E-state index contributed by atoms with van der Waals surface area (Å²) in [5.74, 6) is 0.945. The fourth-order valence-corrected chi connectivity index (χ4v) is 1.76. The number of rotatable bonds is 6. The molecule has 0 aliphatic carbocycles. The van der Waals surface area contributed by atoms with Crippen molar-refractivity contribution < 1.29 is 14.3 Å². The Hall–Kier alpha value is -2.68. The van der Waals surface area contributed by atoms with Crippen LogP contribution in [0.1, 0.15) is 19.8 Å². The molecule has 110 valence electrons. The summed E-state index contributed by atoms with van der Waals surface area (Å²) in [6.45, 7) is 2.81. The number of hydrogen-bond acceptors (Lipinski definition) is 5. The Labute approximate surface area is 123 Å². The van der Waals surface area contributed by atoms with Crippen molar-refractivity contribution in [1.29, 1.82) is 5.26 Å². The molecule has 0 unspecified atom stereocenters. The van der Waals surface area contributed by atoms with E-state index in [4.69, 9.17) is 14.7 Å². The van der Waals surface area contributed by atoms with Crippen LogP contribution in [0.5, 0.6) is 11.5 Å². The van der Waals surface area contributed by atoms with Gasteiger partial charge in [0.1, 0.15) is 11.6 Å². The first kappa shape index (κ1) is 14.7. The summed E-state index contributed by atoms with van der Waals surface area (Å²) >= 11 is 0. The highest BCUT2D eigenvalue weighted by molar-refractivity contribution is 5.97. The SMILES string of the molecule is CCCCNC(=O)/C(C#N)=C\Nc1ccc2c(c1)OCO2. The molecule has 6 nitrogen and oxygen atoms in total. The van der Waals surface area contributed by atoms with Crippen LogP contribution in [0, 0.1) is 11.3 Å². The number of amides is 1. The van der Waals surface area contributed by atoms with Gasteiger partial charge in [-0.25, -0.2) is 0 Å². The average Bonchev–Trinajstić information content (AvgIpc) is 2.95. The summed E-state index contributed by atoms with van der Waals surface area (Å²) in [4.78, 5) is 11.8. The molecule has 6 heteroatoms. The van der Waals surface area contributed by atoms with Crippen molar-refractivity contribution in [3.05, 3.63) is 30.0 Å². The smallest absolute Gasteiger partial charge is 0.263 e.